The van der Waals surface area contributed by atoms with E-state index in [4.69, 9.17) is 17.3 Å². The van der Waals surface area contributed by atoms with Gasteiger partial charge in [0.1, 0.15) is 22.2 Å². The first-order valence-electron chi connectivity index (χ1n) is 10.2. The molecule has 0 aliphatic carbocycles. The van der Waals surface area contributed by atoms with Gasteiger partial charge in [0.25, 0.3) is 0 Å². The summed E-state index contributed by atoms with van der Waals surface area (Å²) in [6.07, 6.45) is 2.64. The second-order valence-electron chi connectivity index (χ2n) is 7.48. The predicted molar refractivity (Wildman–Crippen MR) is 121 cm³/mol. The maximum Gasteiger partial charge on any atom is 0.235 e. The van der Waals surface area contributed by atoms with Crippen molar-refractivity contribution in [3.05, 3.63) is 52.4 Å². The first-order valence-corrected chi connectivity index (χ1v) is 11.1. The molecule has 1 saturated heterocycles. The first kappa shape index (κ1) is 23.5. The number of nitriles is 1. The lowest BCUT2D eigenvalue weighted by Gasteiger charge is -2.26. The molecule has 2 N–H and O–H groups in total. The van der Waals surface area contributed by atoms with E-state index in [9.17, 15) is 14.4 Å². The van der Waals surface area contributed by atoms with Gasteiger partial charge in [0.2, 0.25) is 17.5 Å². The Labute approximate surface area is 191 Å². The number of likely N-dealkylation sites (N-methyl/N-ethyl adjacent to an activating group) is 1. The molecule has 2 aromatic rings. The van der Waals surface area contributed by atoms with E-state index in [1.807, 2.05) is 6.92 Å². The van der Waals surface area contributed by atoms with Gasteiger partial charge in [-0.1, -0.05) is 18.7 Å². The van der Waals surface area contributed by atoms with E-state index in [1.54, 1.807) is 0 Å². The maximum absolute atomic E-state index is 13.7. The number of pyridine rings is 2. The number of anilines is 1. The summed E-state index contributed by atoms with van der Waals surface area (Å²) in [6, 6.07) is 4.81. The average Bonchev–Trinajstić information content (AvgIpc) is 3.00. The molecule has 1 amide bonds. The molecule has 0 aromatic carbocycles. The van der Waals surface area contributed by atoms with E-state index in [2.05, 4.69) is 32.7 Å². The number of rotatable bonds is 6. The Morgan fingerprint density at radius 1 is 1.44 bits per heavy atom. The third-order valence-corrected chi connectivity index (χ3v) is 6.62. The van der Waals surface area contributed by atoms with Crippen LogP contribution in [-0.2, 0) is 11.2 Å². The Hall–Kier alpha value is -3.21. The second kappa shape index (κ2) is 10.4. The molecule has 3 rings (SSSR count). The monoisotopic (exact) mass is 453 g/mol. The van der Waals surface area contributed by atoms with E-state index in [0.717, 1.165) is 43.9 Å². The van der Waals surface area contributed by atoms with Gasteiger partial charge in [-0.3, -0.25) is 4.79 Å². The Morgan fingerprint density at radius 3 is 2.84 bits per heavy atom. The lowest BCUT2D eigenvalue weighted by Crippen LogP contribution is -2.30. The molecule has 1 atom stereocenters. The Morgan fingerprint density at radius 2 is 2.22 bits per heavy atom. The van der Waals surface area contributed by atoms with Gasteiger partial charge in [-0.15, -0.1) is 0 Å². The van der Waals surface area contributed by atoms with Crippen LogP contribution < -0.4 is 10.6 Å². The molecule has 32 heavy (non-hydrogen) atoms. The van der Waals surface area contributed by atoms with Crippen LogP contribution in [-0.4, -0.2) is 54.0 Å². The molecule has 3 heterocycles. The second-order valence-corrected chi connectivity index (χ2v) is 8.57. The van der Waals surface area contributed by atoms with Gasteiger partial charge in [0.05, 0.1) is 12.1 Å². The number of halogens is 1. The standard InChI is InChI=1S/C22H24FN7OS/c1-4-15-16(13-24)22(32-19(20(25)31)14-6-7-27-17(23)12-14)28-21(18(15)26-2)30-9-5-8-29(3)10-11-30/h6-7,12,19H,4-5,8-11H2,1,3H3,(H2,25,31). The zero-order chi connectivity index (χ0) is 23.3. The number of nitrogens with zero attached hydrogens (tertiary/aromatic N) is 6. The predicted octanol–water partition coefficient (Wildman–Crippen LogP) is 3.06. The summed E-state index contributed by atoms with van der Waals surface area (Å²) in [7, 11) is 2.05. The summed E-state index contributed by atoms with van der Waals surface area (Å²) in [6.45, 7) is 12.8. The normalized spacial score (nSPS) is 15.5. The van der Waals surface area contributed by atoms with Crippen LogP contribution in [0, 0.1) is 23.9 Å². The lowest BCUT2D eigenvalue weighted by atomic mass is 10.1. The smallest absolute Gasteiger partial charge is 0.235 e. The molecule has 0 bridgehead atoms. The highest BCUT2D eigenvalue weighted by atomic mass is 32.2. The molecule has 1 unspecified atom stereocenters. The van der Waals surface area contributed by atoms with Crippen LogP contribution in [0.1, 0.15) is 35.3 Å². The molecule has 1 aliphatic rings. The summed E-state index contributed by atoms with van der Waals surface area (Å²) in [4.78, 5) is 28.5. The van der Waals surface area contributed by atoms with Crippen LogP contribution >= 0.6 is 11.8 Å². The van der Waals surface area contributed by atoms with Gasteiger partial charge >= 0.3 is 0 Å². The molecular formula is C22H24FN7OS. The SMILES string of the molecule is [C-]#[N+]c1c(N2CCCN(C)CC2)nc(SC(C(N)=O)c2ccnc(F)c2)c(C#N)c1CC. The number of carbonyl (C=O) groups excluding carboxylic acids is 1. The lowest BCUT2D eigenvalue weighted by molar-refractivity contribution is -0.117. The van der Waals surface area contributed by atoms with Crippen molar-refractivity contribution in [1.82, 2.24) is 14.9 Å². The molecule has 8 nitrogen and oxygen atoms in total. The van der Waals surface area contributed by atoms with Crippen molar-refractivity contribution in [2.75, 3.05) is 38.1 Å². The minimum Gasteiger partial charge on any atom is -0.368 e. The molecule has 1 aliphatic heterocycles. The minimum absolute atomic E-state index is 0.250. The summed E-state index contributed by atoms with van der Waals surface area (Å²) >= 11 is 1.000. The third-order valence-electron chi connectivity index (χ3n) is 5.36. The highest BCUT2D eigenvalue weighted by Gasteiger charge is 2.28. The van der Waals surface area contributed by atoms with Crippen molar-refractivity contribution in [2.24, 2.45) is 5.73 Å². The summed E-state index contributed by atoms with van der Waals surface area (Å²) < 4.78 is 13.7. The summed E-state index contributed by atoms with van der Waals surface area (Å²) in [5, 5.41) is 9.24. The molecule has 0 saturated carbocycles. The number of hydrogen-bond donors (Lipinski definition) is 1. The molecule has 10 heteroatoms. The molecule has 166 valence electrons. The van der Waals surface area contributed by atoms with Crippen LogP contribution in [0.15, 0.2) is 23.4 Å². The van der Waals surface area contributed by atoms with Crippen molar-refractivity contribution in [3.63, 3.8) is 0 Å². The molecular weight excluding hydrogens is 429 g/mol. The molecule has 2 aromatic heterocycles. The number of carbonyl (C=O) groups is 1. The Kier molecular flexibility index (Phi) is 7.62. The van der Waals surface area contributed by atoms with Gasteiger partial charge in [-0.25, -0.2) is 14.8 Å². The van der Waals surface area contributed by atoms with Crippen LogP contribution in [0.25, 0.3) is 4.85 Å². The van der Waals surface area contributed by atoms with Gasteiger partial charge in [0.15, 0.2) is 0 Å². The fourth-order valence-electron chi connectivity index (χ4n) is 3.71. The quantitative estimate of drug-likeness (QED) is 0.407. The number of aromatic nitrogens is 2. The fraction of sp³-hybridized carbons (Fsp3) is 0.409. The Bertz CT molecular complexity index is 1090. The minimum atomic E-state index is -0.960. The van der Waals surface area contributed by atoms with Gasteiger partial charge in [0, 0.05) is 25.8 Å². The van der Waals surface area contributed by atoms with Crippen LogP contribution in [0.4, 0.5) is 15.9 Å². The van der Waals surface area contributed by atoms with Gasteiger partial charge < -0.3 is 15.5 Å². The van der Waals surface area contributed by atoms with E-state index >= 15 is 0 Å². The summed E-state index contributed by atoms with van der Waals surface area (Å²) in [5.41, 5.74) is 7.17. The van der Waals surface area contributed by atoms with E-state index in [1.165, 1.54) is 12.3 Å². The highest BCUT2D eigenvalue weighted by molar-refractivity contribution is 8.00. The molecule has 0 radical (unpaired) electrons. The number of primary amides is 1. The van der Waals surface area contributed by atoms with Crippen molar-refractivity contribution in [1.29, 1.82) is 5.26 Å². The first-order chi connectivity index (χ1) is 15.4. The molecule has 0 spiro atoms. The van der Waals surface area contributed by atoms with E-state index < -0.39 is 17.1 Å². The summed E-state index contributed by atoms with van der Waals surface area (Å²) in [5.74, 6) is -0.899. The fourth-order valence-corrected chi connectivity index (χ4v) is 4.76. The zero-order valence-electron chi connectivity index (χ0n) is 18.0. The van der Waals surface area contributed by atoms with E-state index in [0.29, 0.717) is 40.6 Å². The largest absolute Gasteiger partial charge is 0.368 e. The maximum atomic E-state index is 13.7. The molecule has 1 fully saturated rings. The van der Waals surface area contributed by atoms with E-state index in [-0.39, 0.29) is 5.56 Å². The van der Waals surface area contributed by atoms with Gasteiger partial charge in [-0.2, -0.15) is 9.65 Å². The highest BCUT2D eigenvalue weighted by Crippen LogP contribution is 2.42. The van der Waals surface area contributed by atoms with Crippen molar-refractivity contribution in [3.8, 4) is 6.07 Å². The Balaban J connectivity index is 2.13. The van der Waals surface area contributed by atoms with Crippen molar-refractivity contribution >= 4 is 29.2 Å². The van der Waals surface area contributed by atoms with Crippen LogP contribution in [0.2, 0.25) is 0 Å². The van der Waals surface area contributed by atoms with Crippen molar-refractivity contribution in [2.45, 2.75) is 30.0 Å². The van der Waals surface area contributed by atoms with Crippen LogP contribution in [0.5, 0.6) is 0 Å². The van der Waals surface area contributed by atoms with Crippen LogP contribution in [0.3, 0.4) is 0 Å². The third kappa shape index (κ3) is 4.98. The number of nitrogens with two attached hydrogens (primary N) is 1. The van der Waals surface area contributed by atoms with Crippen molar-refractivity contribution < 1.29 is 9.18 Å². The number of amides is 1. The van der Waals surface area contributed by atoms with Gasteiger partial charge in [-0.05, 0) is 49.7 Å². The topological polar surface area (TPSA) is 104 Å². The zero-order valence-corrected chi connectivity index (χ0v) is 18.8. The number of hydrogen-bond acceptors (Lipinski definition) is 7. The average molecular weight is 454 g/mol. The number of thioether (sulfide) groups is 1.